The Morgan fingerprint density at radius 1 is 0.434 bits per heavy atom. The molecule has 0 atom stereocenters. The van der Waals surface area contributed by atoms with Gasteiger partial charge in [0, 0.05) is 43.9 Å². The quantitative estimate of drug-likeness (QED) is 0.0196. The van der Waals surface area contributed by atoms with Gasteiger partial charge >= 0.3 is 50.2 Å². The number of ether oxygens (including phenoxy) is 3. The summed E-state index contributed by atoms with van der Waals surface area (Å²) in [6, 6.07) is 42.2. The molecule has 34 nitrogen and oxygen atoms in total. The van der Waals surface area contributed by atoms with E-state index >= 15 is 0 Å². The molecule has 4 aromatic carbocycles. The minimum absolute atomic E-state index is 0.0604. The molecule has 0 unspecified atom stereocenters. The van der Waals surface area contributed by atoms with Gasteiger partial charge in [-0.15, -0.1) is 18.9 Å². The maximum Gasteiger partial charge on any atom is 0.534 e. The molecule has 0 aliphatic carbocycles. The van der Waals surface area contributed by atoms with Crippen LogP contribution in [0.5, 0.6) is 11.5 Å². The molecule has 0 radical (unpaired) electrons. The fourth-order valence-electron chi connectivity index (χ4n) is 12.0. The van der Waals surface area contributed by atoms with Crippen LogP contribution in [0, 0.1) is 41.5 Å². The number of nitrogens with zero attached hydrogens (tertiary/aromatic N) is 14. The lowest BCUT2D eigenvalue weighted by Crippen LogP contribution is -2.35. The second-order valence-corrected chi connectivity index (χ2v) is 27.8. The first kappa shape index (κ1) is 87.7. The number of carbonyl (C=O) groups is 3. The van der Waals surface area contributed by atoms with Crippen molar-refractivity contribution in [2.45, 2.75) is 107 Å². The fourth-order valence-corrected chi connectivity index (χ4v) is 12.5. The van der Waals surface area contributed by atoms with Gasteiger partial charge in [-0.05, 0) is 119 Å². The van der Waals surface area contributed by atoms with Crippen LogP contribution in [-0.2, 0) is 63.8 Å². The third kappa shape index (κ3) is 20.3. The zero-order valence-electron chi connectivity index (χ0n) is 67.0. The minimum atomic E-state index is -6.27. The van der Waals surface area contributed by atoms with Gasteiger partial charge in [-0.3, -0.25) is 29.1 Å². The largest absolute Gasteiger partial charge is 0.534 e. The molecule has 0 fully saturated rings. The van der Waals surface area contributed by atoms with Crippen LogP contribution in [0.3, 0.4) is 0 Å². The number of aromatic nitrogens is 14. The number of benzene rings is 4. The summed E-state index contributed by atoms with van der Waals surface area (Å²) in [6.45, 7) is 16.3. The van der Waals surface area contributed by atoms with Crippen molar-refractivity contribution in [1.29, 1.82) is 0 Å². The summed E-state index contributed by atoms with van der Waals surface area (Å²) < 4.78 is 85.4. The predicted octanol–water partition coefficient (Wildman–Crippen LogP) is 10.0. The first-order valence-electron chi connectivity index (χ1n) is 37.4. The van der Waals surface area contributed by atoms with Gasteiger partial charge in [-0.1, -0.05) is 121 Å². The topological polar surface area (TPSA) is 420 Å². The van der Waals surface area contributed by atoms with E-state index in [9.17, 15) is 60.3 Å². The van der Waals surface area contributed by atoms with Crippen LogP contribution >= 0.6 is 0 Å². The number of anilines is 2. The molecule has 0 spiro atoms. The maximum absolute atomic E-state index is 13.6. The van der Waals surface area contributed by atoms with E-state index in [0.29, 0.717) is 57.2 Å². The molecule has 0 saturated heterocycles. The number of alkyl halides is 3. The van der Waals surface area contributed by atoms with Crippen LogP contribution in [0.15, 0.2) is 209 Å². The average Bonchev–Trinajstić information content (AvgIpc) is 0.739. The van der Waals surface area contributed by atoms with Crippen LogP contribution < -0.4 is 56.4 Å². The van der Waals surface area contributed by atoms with Gasteiger partial charge in [0.25, 0.3) is 5.56 Å². The zero-order chi connectivity index (χ0) is 87.4. The van der Waals surface area contributed by atoms with E-state index in [2.05, 4.69) is 64.7 Å². The summed E-state index contributed by atoms with van der Waals surface area (Å²) in [4.78, 5) is 154. The molecular formula is C84H79F3N16O18S. The number of hydrogen-bond donors (Lipinski definition) is 3. The Hall–Kier alpha value is -15.1. The standard InChI is InChI=1S/C25H25N5O4.C22H21N5O2.C19H16F3N3O7S.C18H17N3O5/c1-4-33-25(32)21-22(27-13-19-12-26-11-10-16(19)2)20-17(3)28-15-29-23(20)30(24(21)31)34-14-18-8-6-5-7-9-18;1-15-8-9-23-11-18(15)12-24-19-10-20(28)27(22-21(19)16(2)25-14-26-22)29-13-17-6-4-3-5-7-17;1-3-30-18(27)14-15(32-33(28,29)19(20,21)22)13-11(2)23-10-24-16(13)25(17(14)26)31-9-12-7-5-4-6-8-12;1-3-25-18(24)14-15(22)13-11(2)19-10-20-16(13)21(17(14)23)26-9-12-7-5-4-6-8-12/h5-12,15,27H,4,13-14H2,1-3H3;3-11,14,24H,12-13H2,1-2H3;4-8,10H,3,9H2,1-2H3;4-8,10,22H,3,9H2,1-2H3. The highest BCUT2D eigenvalue weighted by atomic mass is 32.2. The monoisotopic (exact) mass is 1690 g/mol. The second kappa shape index (κ2) is 39.9. The summed E-state index contributed by atoms with van der Waals surface area (Å²) >= 11 is 0. The molecule has 3 N–H and O–H groups in total. The molecule has 14 rings (SSSR count). The van der Waals surface area contributed by atoms with Crippen molar-refractivity contribution < 1.29 is 78.8 Å². The van der Waals surface area contributed by atoms with Crippen LogP contribution in [0.1, 0.15) is 119 Å². The lowest BCUT2D eigenvalue weighted by Gasteiger charge is -2.19. The van der Waals surface area contributed by atoms with E-state index in [-0.39, 0.29) is 79.7 Å². The first-order chi connectivity index (χ1) is 58.7. The number of nitrogens with one attached hydrogen (secondary N) is 2. The summed E-state index contributed by atoms with van der Waals surface area (Å²) in [5.74, 6) is -4.82. The molecule has 0 bridgehead atoms. The van der Waals surface area contributed by atoms with Gasteiger partial charge < -0.3 is 53.5 Å². The normalized spacial score (nSPS) is 11.1. The van der Waals surface area contributed by atoms with Crippen LogP contribution in [0.2, 0.25) is 0 Å². The van der Waals surface area contributed by atoms with Crippen molar-refractivity contribution in [1.82, 2.24) is 68.8 Å². The fraction of sp³-hybridized carbons (Fsp3) is 0.226. The van der Waals surface area contributed by atoms with Crippen LogP contribution in [0.4, 0.5) is 24.5 Å². The minimum Gasteiger partial charge on any atom is -0.506 e. The number of fused-ring (bicyclic) bond motifs is 4. The number of aromatic hydroxyl groups is 1. The highest BCUT2D eigenvalue weighted by Gasteiger charge is 2.50. The van der Waals surface area contributed by atoms with Gasteiger partial charge in [0.15, 0.2) is 45.0 Å². The Morgan fingerprint density at radius 2 is 0.779 bits per heavy atom. The lowest BCUT2D eigenvalue weighted by molar-refractivity contribution is -0.0500. The summed E-state index contributed by atoms with van der Waals surface area (Å²) in [7, 11) is -6.27. The Bertz CT molecular complexity index is 6540. The van der Waals surface area contributed by atoms with Gasteiger partial charge in [-0.2, -0.15) is 21.6 Å². The van der Waals surface area contributed by atoms with Crippen molar-refractivity contribution in [2.75, 3.05) is 30.5 Å². The Kier molecular flexibility index (Phi) is 28.7. The predicted molar refractivity (Wildman–Crippen MR) is 439 cm³/mol. The molecule has 0 amide bonds. The first-order valence-corrected chi connectivity index (χ1v) is 38.8. The average molecular weight is 1690 g/mol. The smallest absolute Gasteiger partial charge is 0.506 e. The van der Waals surface area contributed by atoms with E-state index in [4.69, 9.17) is 33.6 Å². The van der Waals surface area contributed by atoms with Crippen LogP contribution in [-0.4, -0.2) is 126 Å². The Balaban J connectivity index is 0.000000159. The highest BCUT2D eigenvalue weighted by Crippen LogP contribution is 2.36. The van der Waals surface area contributed by atoms with Crippen LogP contribution in [0.25, 0.3) is 44.1 Å². The van der Waals surface area contributed by atoms with Crippen molar-refractivity contribution >= 4 is 83.5 Å². The molecule has 14 aromatic rings. The number of rotatable bonds is 26. The van der Waals surface area contributed by atoms with Crippen molar-refractivity contribution in [2.24, 2.45) is 0 Å². The molecule has 630 valence electrons. The Morgan fingerprint density at radius 3 is 1.20 bits per heavy atom. The van der Waals surface area contributed by atoms with E-state index in [1.54, 1.807) is 76.6 Å². The third-order valence-corrected chi connectivity index (χ3v) is 19.1. The second-order valence-electron chi connectivity index (χ2n) is 26.3. The van der Waals surface area contributed by atoms with Gasteiger partial charge in [-0.25, -0.2) is 54.3 Å². The van der Waals surface area contributed by atoms with E-state index in [1.807, 2.05) is 130 Å². The number of aryl methyl sites for hydroxylation is 6. The third-order valence-electron chi connectivity index (χ3n) is 18.1. The maximum atomic E-state index is 13.6. The van der Waals surface area contributed by atoms with Gasteiger partial charge in [0.2, 0.25) is 0 Å². The molecule has 0 aliphatic rings. The summed E-state index contributed by atoms with van der Waals surface area (Å²) in [6.07, 6.45) is 12.1. The highest BCUT2D eigenvalue weighted by molar-refractivity contribution is 7.88. The SMILES string of the molecule is CCOC(=O)c1c(NCc2cnccc2C)c2c(C)ncnc2n(OCc2ccccc2)c1=O.CCOC(=O)c1c(O)c2c(C)ncnc2n(OCc2ccccc2)c1=O.CCOC(=O)c1c(OS(=O)(=O)C(F)(F)F)c2c(C)ncnc2n(OCc2ccccc2)c1=O.Cc1ccncc1CNc1cc(=O)n(OCc2ccccc2)c2ncnc(C)c12. The van der Waals surface area contributed by atoms with E-state index in [0.717, 1.165) is 65.8 Å². The number of carbonyl (C=O) groups excluding carboxylic acids is 3. The van der Waals surface area contributed by atoms with Crippen molar-refractivity contribution in [3.8, 4) is 11.5 Å². The number of pyridine rings is 6. The van der Waals surface area contributed by atoms with E-state index in [1.165, 1.54) is 43.6 Å². The number of halogens is 3. The summed E-state index contributed by atoms with van der Waals surface area (Å²) in [5.41, 5.74) is -0.393. The molecule has 10 aromatic heterocycles. The van der Waals surface area contributed by atoms with Crippen molar-refractivity contribution in [3.63, 3.8) is 0 Å². The molecule has 0 aliphatic heterocycles. The summed E-state index contributed by atoms with van der Waals surface area (Å²) in [5, 5.41) is 18.0. The van der Waals surface area contributed by atoms with Gasteiger partial charge in [0.05, 0.1) is 75.5 Å². The lowest BCUT2D eigenvalue weighted by atomic mass is 10.1. The molecule has 122 heavy (non-hydrogen) atoms. The Labute approximate surface area is 692 Å². The molecule has 38 heteroatoms. The molecule has 0 saturated carbocycles. The van der Waals surface area contributed by atoms with E-state index < -0.39 is 83.9 Å². The van der Waals surface area contributed by atoms with Crippen molar-refractivity contribution in [3.05, 3.63) is 315 Å². The molecule has 10 heterocycles. The van der Waals surface area contributed by atoms with Gasteiger partial charge in [0.1, 0.15) is 57.5 Å². The zero-order valence-corrected chi connectivity index (χ0v) is 67.8. The number of esters is 3. The number of hydrogen-bond acceptors (Lipinski definition) is 30. The molecular weight excluding hydrogens is 1610 g/mol.